The van der Waals surface area contributed by atoms with Gasteiger partial charge in [-0.15, -0.1) is 0 Å². The van der Waals surface area contributed by atoms with Crippen LogP contribution in [0.3, 0.4) is 0 Å². The van der Waals surface area contributed by atoms with Gasteiger partial charge in [-0.25, -0.2) is 9.37 Å². The molecule has 2 aromatic carbocycles. The van der Waals surface area contributed by atoms with Gasteiger partial charge in [0.05, 0.1) is 0 Å². The number of thiocarbonyl (C=S) groups is 1. The van der Waals surface area contributed by atoms with E-state index < -0.39 is 0 Å². The van der Waals surface area contributed by atoms with Crippen molar-refractivity contribution < 1.29 is 9.13 Å². The maximum Gasteiger partial charge on any atom is 0.233 e. The first-order valence-corrected chi connectivity index (χ1v) is 11.4. The zero-order valence-electron chi connectivity index (χ0n) is 17.5. The normalized spacial score (nSPS) is 15.1. The number of benzene rings is 2. The highest BCUT2D eigenvalue weighted by Crippen LogP contribution is 2.39. The molecular weight excluding hydrogens is 447 g/mol. The summed E-state index contributed by atoms with van der Waals surface area (Å²) in [7, 11) is 0. The van der Waals surface area contributed by atoms with E-state index in [1.165, 1.54) is 18.6 Å². The first kappa shape index (κ1) is 22.4. The summed E-state index contributed by atoms with van der Waals surface area (Å²) in [6, 6.07) is 17.7. The summed E-state index contributed by atoms with van der Waals surface area (Å²) in [5.41, 5.74) is 1.04. The molecule has 1 saturated carbocycles. The molecule has 0 aliphatic heterocycles. The van der Waals surface area contributed by atoms with Crippen LogP contribution in [0.1, 0.15) is 37.7 Å². The van der Waals surface area contributed by atoms with E-state index in [4.69, 9.17) is 28.6 Å². The zero-order chi connectivity index (χ0) is 22.4. The van der Waals surface area contributed by atoms with Gasteiger partial charge in [-0.2, -0.15) is 4.98 Å². The molecule has 1 fully saturated rings. The fourth-order valence-electron chi connectivity index (χ4n) is 4.11. The van der Waals surface area contributed by atoms with Crippen molar-refractivity contribution in [3.63, 3.8) is 0 Å². The van der Waals surface area contributed by atoms with Crippen molar-refractivity contribution in [2.45, 2.75) is 37.5 Å². The van der Waals surface area contributed by atoms with Crippen molar-refractivity contribution in [3.05, 3.63) is 77.2 Å². The summed E-state index contributed by atoms with van der Waals surface area (Å²) in [5, 5.41) is 6.94. The van der Waals surface area contributed by atoms with Crippen LogP contribution in [0, 0.1) is 5.82 Å². The summed E-state index contributed by atoms with van der Waals surface area (Å²) in [5.74, 6) is 0.987. The van der Waals surface area contributed by atoms with Gasteiger partial charge < -0.3 is 15.4 Å². The minimum Gasteiger partial charge on any atom is -0.439 e. The molecule has 0 spiro atoms. The molecule has 166 valence electrons. The predicted octanol–water partition coefficient (Wildman–Crippen LogP) is 6.25. The molecule has 0 radical (unpaired) electrons. The molecule has 0 bridgehead atoms. The number of hydrogen-bond donors (Lipinski definition) is 2. The van der Waals surface area contributed by atoms with Gasteiger partial charge in [-0.1, -0.05) is 61.2 Å². The molecular formula is C24H24ClFN4OS. The van der Waals surface area contributed by atoms with Crippen LogP contribution >= 0.6 is 23.8 Å². The number of ether oxygens (including phenoxy) is 1. The molecule has 2 N–H and O–H groups in total. The van der Waals surface area contributed by atoms with Crippen LogP contribution < -0.4 is 15.4 Å². The van der Waals surface area contributed by atoms with Gasteiger partial charge in [0.1, 0.15) is 16.7 Å². The average molecular weight is 471 g/mol. The van der Waals surface area contributed by atoms with Crippen molar-refractivity contribution in [2.24, 2.45) is 0 Å². The lowest BCUT2D eigenvalue weighted by Gasteiger charge is -2.38. The number of nitrogens with one attached hydrogen (secondary N) is 2. The highest BCUT2D eigenvalue weighted by Gasteiger charge is 2.34. The number of aromatic nitrogens is 2. The molecule has 0 atom stereocenters. The van der Waals surface area contributed by atoms with Gasteiger partial charge >= 0.3 is 0 Å². The SMILES string of the molecule is Fc1ccc(C2(CNC(=S)Nc3nc(Cl)cc(Oc4ccccc4)n3)CCCCC2)cc1. The molecule has 1 aromatic heterocycles. The van der Waals surface area contributed by atoms with Gasteiger partial charge in [0.2, 0.25) is 11.8 Å². The van der Waals surface area contributed by atoms with Crippen molar-refractivity contribution >= 4 is 34.9 Å². The molecule has 3 aromatic rings. The van der Waals surface area contributed by atoms with Gasteiger partial charge in [-0.3, -0.25) is 0 Å². The molecule has 5 nitrogen and oxygen atoms in total. The molecule has 4 rings (SSSR count). The lowest BCUT2D eigenvalue weighted by atomic mass is 9.69. The Balaban J connectivity index is 1.43. The Morgan fingerprint density at radius 3 is 2.47 bits per heavy atom. The second-order valence-electron chi connectivity index (χ2n) is 7.92. The Morgan fingerprint density at radius 2 is 1.75 bits per heavy atom. The van der Waals surface area contributed by atoms with E-state index in [-0.39, 0.29) is 22.3 Å². The van der Waals surface area contributed by atoms with E-state index >= 15 is 0 Å². The lowest BCUT2D eigenvalue weighted by Crippen LogP contribution is -2.43. The van der Waals surface area contributed by atoms with Crippen LogP contribution in [0.5, 0.6) is 11.6 Å². The molecule has 1 aliphatic carbocycles. The van der Waals surface area contributed by atoms with Crippen LogP contribution in [-0.4, -0.2) is 21.6 Å². The Kier molecular flexibility index (Phi) is 7.17. The van der Waals surface area contributed by atoms with E-state index in [1.807, 2.05) is 42.5 Å². The molecule has 0 unspecified atom stereocenters. The van der Waals surface area contributed by atoms with Crippen molar-refractivity contribution in [1.29, 1.82) is 0 Å². The number of rotatable bonds is 6. The van der Waals surface area contributed by atoms with Crippen LogP contribution in [0.15, 0.2) is 60.7 Å². The number of hydrogen-bond acceptors (Lipinski definition) is 4. The number of para-hydroxylation sites is 1. The summed E-state index contributed by atoms with van der Waals surface area (Å²) in [6.07, 6.45) is 5.54. The van der Waals surface area contributed by atoms with Gasteiger partial charge in [0, 0.05) is 18.0 Å². The van der Waals surface area contributed by atoms with Crippen LogP contribution in [0.4, 0.5) is 10.3 Å². The highest BCUT2D eigenvalue weighted by atomic mass is 35.5. The van der Waals surface area contributed by atoms with E-state index in [1.54, 1.807) is 6.07 Å². The second-order valence-corrected chi connectivity index (χ2v) is 8.72. The van der Waals surface area contributed by atoms with Gasteiger partial charge in [-0.05, 0) is 54.9 Å². The zero-order valence-corrected chi connectivity index (χ0v) is 19.1. The smallest absolute Gasteiger partial charge is 0.233 e. The minimum absolute atomic E-state index is 0.0888. The van der Waals surface area contributed by atoms with Crippen molar-refractivity contribution in [1.82, 2.24) is 15.3 Å². The lowest BCUT2D eigenvalue weighted by molar-refractivity contribution is 0.292. The molecule has 1 aliphatic rings. The third kappa shape index (κ3) is 5.72. The Bertz CT molecular complexity index is 1060. The quantitative estimate of drug-likeness (QED) is 0.328. The maximum absolute atomic E-state index is 13.5. The molecule has 0 saturated heterocycles. The third-order valence-electron chi connectivity index (χ3n) is 5.72. The topological polar surface area (TPSA) is 59.1 Å². The van der Waals surface area contributed by atoms with Gasteiger partial charge in [0.25, 0.3) is 0 Å². The molecule has 8 heteroatoms. The Labute approximate surface area is 197 Å². The van der Waals surface area contributed by atoms with Crippen LogP contribution in [0.25, 0.3) is 0 Å². The number of anilines is 1. The third-order valence-corrected chi connectivity index (χ3v) is 6.16. The monoisotopic (exact) mass is 470 g/mol. The fraction of sp³-hybridized carbons (Fsp3) is 0.292. The van der Waals surface area contributed by atoms with E-state index in [2.05, 4.69) is 20.6 Å². The average Bonchev–Trinajstić information content (AvgIpc) is 2.79. The first-order chi connectivity index (χ1) is 15.5. The van der Waals surface area contributed by atoms with Crippen LogP contribution in [-0.2, 0) is 5.41 Å². The minimum atomic E-state index is -0.225. The predicted molar refractivity (Wildman–Crippen MR) is 129 cm³/mol. The summed E-state index contributed by atoms with van der Waals surface area (Å²) in [6.45, 7) is 0.637. The number of halogens is 2. The highest BCUT2D eigenvalue weighted by molar-refractivity contribution is 7.80. The van der Waals surface area contributed by atoms with E-state index in [9.17, 15) is 4.39 Å². The maximum atomic E-state index is 13.5. The van der Waals surface area contributed by atoms with Gasteiger partial charge in [0.15, 0.2) is 5.11 Å². The first-order valence-electron chi connectivity index (χ1n) is 10.6. The molecule has 32 heavy (non-hydrogen) atoms. The Morgan fingerprint density at radius 1 is 1.03 bits per heavy atom. The largest absolute Gasteiger partial charge is 0.439 e. The van der Waals surface area contributed by atoms with Crippen LogP contribution in [0.2, 0.25) is 5.15 Å². The summed E-state index contributed by atoms with van der Waals surface area (Å²) < 4.78 is 19.2. The Hall–Kier alpha value is -2.77. The fourth-order valence-corrected chi connectivity index (χ4v) is 4.45. The number of nitrogens with zero attached hydrogens (tertiary/aromatic N) is 2. The van der Waals surface area contributed by atoms with Crippen molar-refractivity contribution in [2.75, 3.05) is 11.9 Å². The molecule has 1 heterocycles. The standard InChI is InChI=1S/C24H24ClFN4OS/c25-20-15-21(31-19-7-3-1-4-8-19)29-22(28-20)30-23(32)27-16-24(13-5-2-6-14-24)17-9-11-18(26)12-10-17/h1,3-4,7-12,15H,2,5-6,13-14,16H2,(H2,27,28,29,30,32). The van der Waals surface area contributed by atoms with E-state index in [0.29, 0.717) is 23.3 Å². The molecule has 0 amide bonds. The summed E-state index contributed by atoms with van der Waals surface area (Å²) in [4.78, 5) is 8.54. The second kappa shape index (κ2) is 10.2. The van der Waals surface area contributed by atoms with Crippen molar-refractivity contribution in [3.8, 4) is 11.6 Å². The summed E-state index contributed by atoms with van der Waals surface area (Å²) >= 11 is 11.6. The van der Waals surface area contributed by atoms with E-state index in [0.717, 1.165) is 31.2 Å².